The Morgan fingerprint density at radius 1 is 1.09 bits per heavy atom. The quantitative estimate of drug-likeness (QED) is 0.398. The summed E-state index contributed by atoms with van der Waals surface area (Å²) >= 11 is 0. The van der Waals surface area contributed by atoms with E-state index in [4.69, 9.17) is 9.97 Å². The molecule has 1 saturated carbocycles. The predicted octanol–water partition coefficient (Wildman–Crippen LogP) is 5.34. The molecule has 0 aliphatic heterocycles. The van der Waals surface area contributed by atoms with Gasteiger partial charge in [0.05, 0.1) is 33.4 Å². The van der Waals surface area contributed by atoms with Crippen LogP contribution in [0.25, 0.3) is 33.3 Å². The summed E-state index contributed by atoms with van der Waals surface area (Å²) in [7, 11) is 1.85. The van der Waals surface area contributed by atoms with Crippen LogP contribution in [0.15, 0.2) is 54.6 Å². The van der Waals surface area contributed by atoms with E-state index >= 15 is 0 Å². The standard InChI is InChI=1S/C26H24N6O/c1-15-23-19(14-21(16-7-4-3-5-8-16)30-25(23)32(2)31-15)26(33)27-18-11-12-20-22(13-18)29-24(28-20)17-9-6-10-17/h3-5,7-8,11-14,17H,6,9-10H2,1-2H3,(H,27,33)(H,28,29). The third-order valence-corrected chi connectivity index (χ3v) is 6.53. The van der Waals surface area contributed by atoms with E-state index in [9.17, 15) is 4.79 Å². The van der Waals surface area contributed by atoms with Gasteiger partial charge in [-0.1, -0.05) is 36.8 Å². The van der Waals surface area contributed by atoms with Crippen molar-refractivity contribution < 1.29 is 4.79 Å². The Morgan fingerprint density at radius 3 is 2.67 bits per heavy atom. The topological polar surface area (TPSA) is 88.5 Å². The van der Waals surface area contributed by atoms with E-state index in [1.54, 1.807) is 4.68 Å². The van der Waals surface area contributed by atoms with Gasteiger partial charge in [-0.15, -0.1) is 0 Å². The number of amides is 1. The molecule has 2 aromatic carbocycles. The lowest BCUT2D eigenvalue weighted by Crippen LogP contribution is -2.13. The number of nitrogens with zero attached hydrogens (tertiary/aromatic N) is 4. The van der Waals surface area contributed by atoms with Crippen LogP contribution in [0, 0.1) is 6.92 Å². The Hall–Kier alpha value is -4.00. The molecule has 0 spiro atoms. The van der Waals surface area contributed by atoms with Gasteiger partial charge in [-0.05, 0) is 44.0 Å². The highest BCUT2D eigenvalue weighted by atomic mass is 16.1. The van der Waals surface area contributed by atoms with Crippen molar-refractivity contribution in [3.8, 4) is 11.3 Å². The summed E-state index contributed by atoms with van der Waals surface area (Å²) < 4.78 is 1.73. The van der Waals surface area contributed by atoms with Gasteiger partial charge in [0.25, 0.3) is 5.91 Å². The fourth-order valence-corrected chi connectivity index (χ4v) is 4.56. The van der Waals surface area contributed by atoms with Gasteiger partial charge in [0.1, 0.15) is 5.82 Å². The van der Waals surface area contributed by atoms with Gasteiger partial charge >= 0.3 is 0 Å². The van der Waals surface area contributed by atoms with Crippen molar-refractivity contribution in [1.82, 2.24) is 24.7 Å². The molecule has 3 heterocycles. The molecule has 3 aromatic heterocycles. The lowest BCUT2D eigenvalue weighted by Gasteiger charge is -2.22. The number of carbonyl (C=O) groups excluding carboxylic acids is 1. The van der Waals surface area contributed by atoms with Crippen LogP contribution in [-0.4, -0.2) is 30.6 Å². The number of imidazole rings is 1. The van der Waals surface area contributed by atoms with Crippen LogP contribution in [0.1, 0.15) is 47.1 Å². The second kappa shape index (κ2) is 7.55. The first-order chi connectivity index (χ1) is 16.1. The molecule has 164 valence electrons. The Bertz CT molecular complexity index is 1510. The number of carbonyl (C=O) groups is 1. The number of hydrogen-bond acceptors (Lipinski definition) is 4. The number of anilines is 1. The van der Waals surface area contributed by atoms with Crippen molar-refractivity contribution in [3.63, 3.8) is 0 Å². The second-order valence-electron chi connectivity index (χ2n) is 8.76. The molecule has 7 nitrogen and oxygen atoms in total. The average Bonchev–Trinajstić information content (AvgIpc) is 3.32. The van der Waals surface area contributed by atoms with Crippen LogP contribution in [0.4, 0.5) is 5.69 Å². The number of H-pyrrole nitrogens is 1. The van der Waals surface area contributed by atoms with Crippen molar-refractivity contribution in [3.05, 3.63) is 71.7 Å². The largest absolute Gasteiger partial charge is 0.342 e. The monoisotopic (exact) mass is 436 g/mol. The maximum absolute atomic E-state index is 13.5. The smallest absolute Gasteiger partial charge is 0.256 e. The first kappa shape index (κ1) is 19.7. The molecule has 7 heteroatoms. The molecule has 0 unspecified atom stereocenters. The Morgan fingerprint density at radius 2 is 1.91 bits per heavy atom. The third-order valence-electron chi connectivity index (χ3n) is 6.53. The Kier molecular flexibility index (Phi) is 4.50. The number of fused-ring (bicyclic) bond motifs is 2. The molecule has 1 amide bonds. The zero-order valence-electron chi connectivity index (χ0n) is 18.6. The fourth-order valence-electron chi connectivity index (χ4n) is 4.56. The van der Waals surface area contributed by atoms with Gasteiger partial charge in [0.15, 0.2) is 5.65 Å². The number of aromatic nitrogens is 5. The summed E-state index contributed by atoms with van der Waals surface area (Å²) in [5, 5.41) is 8.35. The first-order valence-corrected chi connectivity index (χ1v) is 11.3. The molecular weight excluding hydrogens is 412 g/mol. The highest BCUT2D eigenvalue weighted by molar-refractivity contribution is 6.13. The predicted molar refractivity (Wildman–Crippen MR) is 129 cm³/mol. The fraction of sp³-hybridized carbons (Fsp3) is 0.231. The minimum absolute atomic E-state index is 0.186. The molecule has 0 atom stereocenters. The summed E-state index contributed by atoms with van der Waals surface area (Å²) in [6, 6.07) is 17.5. The normalized spacial score (nSPS) is 14.0. The van der Waals surface area contributed by atoms with Gasteiger partial charge in [0.2, 0.25) is 0 Å². The molecule has 0 radical (unpaired) electrons. The van der Waals surface area contributed by atoms with E-state index in [1.165, 1.54) is 19.3 Å². The SMILES string of the molecule is Cc1nn(C)c2nc(-c3ccccc3)cc(C(=O)Nc3ccc4nc(C5CCC5)[nH]c4c3)c12. The van der Waals surface area contributed by atoms with Crippen LogP contribution >= 0.6 is 0 Å². The van der Waals surface area contributed by atoms with E-state index in [-0.39, 0.29) is 5.91 Å². The highest BCUT2D eigenvalue weighted by Gasteiger charge is 2.23. The third kappa shape index (κ3) is 3.36. The van der Waals surface area contributed by atoms with Crippen LogP contribution in [0.3, 0.4) is 0 Å². The molecule has 5 aromatic rings. The molecule has 0 saturated heterocycles. The molecular formula is C26H24N6O. The zero-order valence-corrected chi connectivity index (χ0v) is 18.6. The minimum atomic E-state index is -0.186. The van der Waals surface area contributed by atoms with Crippen molar-refractivity contribution in [2.24, 2.45) is 7.05 Å². The van der Waals surface area contributed by atoms with E-state index in [2.05, 4.69) is 15.4 Å². The Labute approximate surface area is 190 Å². The molecule has 6 rings (SSSR count). The summed E-state index contributed by atoms with van der Waals surface area (Å²) in [5.74, 6) is 1.40. The maximum Gasteiger partial charge on any atom is 0.256 e. The second-order valence-corrected chi connectivity index (χ2v) is 8.76. The van der Waals surface area contributed by atoms with Crippen LogP contribution in [0.2, 0.25) is 0 Å². The average molecular weight is 437 g/mol. The number of aromatic amines is 1. The summed E-state index contributed by atoms with van der Waals surface area (Å²) in [6.07, 6.45) is 3.65. The van der Waals surface area contributed by atoms with E-state index in [0.29, 0.717) is 17.1 Å². The van der Waals surface area contributed by atoms with Crippen molar-refractivity contribution in [2.45, 2.75) is 32.1 Å². The van der Waals surface area contributed by atoms with Crippen molar-refractivity contribution in [2.75, 3.05) is 5.32 Å². The van der Waals surface area contributed by atoms with E-state index in [0.717, 1.165) is 44.9 Å². The van der Waals surface area contributed by atoms with E-state index < -0.39 is 0 Å². The van der Waals surface area contributed by atoms with Gasteiger partial charge in [-0.2, -0.15) is 5.10 Å². The van der Waals surface area contributed by atoms with Crippen molar-refractivity contribution >= 4 is 33.7 Å². The van der Waals surface area contributed by atoms with Gasteiger partial charge < -0.3 is 10.3 Å². The van der Waals surface area contributed by atoms with Gasteiger partial charge in [-0.3, -0.25) is 9.48 Å². The summed E-state index contributed by atoms with van der Waals surface area (Å²) in [4.78, 5) is 26.4. The number of hydrogen-bond donors (Lipinski definition) is 2. The van der Waals surface area contributed by atoms with Crippen LogP contribution in [0.5, 0.6) is 0 Å². The minimum Gasteiger partial charge on any atom is -0.342 e. The highest BCUT2D eigenvalue weighted by Crippen LogP contribution is 2.36. The maximum atomic E-state index is 13.5. The molecule has 0 bridgehead atoms. The number of benzene rings is 2. The number of rotatable bonds is 4. The molecule has 1 aliphatic carbocycles. The van der Waals surface area contributed by atoms with Crippen LogP contribution < -0.4 is 5.32 Å². The number of aryl methyl sites for hydroxylation is 2. The van der Waals surface area contributed by atoms with Crippen molar-refractivity contribution in [1.29, 1.82) is 0 Å². The van der Waals surface area contributed by atoms with Gasteiger partial charge in [0, 0.05) is 24.2 Å². The van der Waals surface area contributed by atoms with Gasteiger partial charge in [-0.25, -0.2) is 9.97 Å². The Balaban J connectivity index is 1.39. The lowest BCUT2D eigenvalue weighted by molar-refractivity contribution is 0.102. The molecule has 2 N–H and O–H groups in total. The molecule has 1 aliphatic rings. The molecule has 33 heavy (non-hydrogen) atoms. The summed E-state index contributed by atoms with van der Waals surface area (Å²) in [5.41, 5.74) is 6.31. The number of pyridine rings is 1. The van der Waals surface area contributed by atoms with Crippen LogP contribution in [-0.2, 0) is 7.05 Å². The van der Waals surface area contributed by atoms with E-state index in [1.807, 2.05) is 68.6 Å². The zero-order chi connectivity index (χ0) is 22.5. The molecule has 1 fully saturated rings. The first-order valence-electron chi connectivity index (χ1n) is 11.3. The number of nitrogens with one attached hydrogen (secondary N) is 2. The summed E-state index contributed by atoms with van der Waals surface area (Å²) in [6.45, 7) is 1.90. The lowest BCUT2D eigenvalue weighted by atomic mass is 9.85.